The molecule has 0 aromatic heterocycles. The van der Waals surface area contributed by atoms with Crippen LogP contribution in [-0.4, -0.2) is 38.1 Å². The molecule has 1 heterocycles. The Bertz CT molecular complexity index is 139. The predicted octanol–water partition coefficient (Wildman–Crippen LogP) is 1.96. The molecule has 0 atom stereocenters. The Morgan fingerprint density at radius 3 is 2.50 bits per heavy atom. The van der Waals surface area contributed by atoms with E-state index in [4.69, 9.17) is 0 Å². The second-order valence-electron chi connectivity index (χ2n) is 5.14. The van der Waals surface area contributed by atoms with Gasteiger partial charge in [0.2, 0.25) is 0 Å². The van der Waals surface area contributed by atoms with Gasteiger partial charge in [-0.2, -0.15) is 0 Å². The molecule has 1 saturated heterocycles. The van der Waals surface area contributed by atoms with Crippen LogP contribution in [0.3, 0.4) is 0 Å². The first-order valence-corrected chi connectivity index (χ1v) is 6.07. The third kappa shape index (κ3) is 4.97. The lowest BCUT2D eigenvalue weighted by molar-refractivity contribution is 0.251. The molecule has 0 radical (unpaired) electrons. The molecule has 0 aliphatic carbocycles. The van der Waals surface area contributed by atoms with Gasteiger partial charge in [0.1, 0.15) is 0 Å². The van der Waals surface area contributed by atoms with E-state index in [2.05, 4.69) is 31.1 Å². The van der Waals surface area contributed by atoms with Crippen molar-refractivity contribution in [2.45, 2.75) is 33.1 Å². The molecule has 1 N–H and O–H groups in total. The van der Waals surface area contributed by atoms with Crippen molar-refractivity contribution in [3.8, 4) is 0 Å². The largest absolute Gasteiger partial charge is 0.317 e. The topological polar surface area (TPSA) is 15.3 Å². The minimum atomic E-state index is 0.799. The summed E-state index contributed by atoms with van der Waals surface area (Å²) in [7, 11) is 2.25. The normalized spacial score (nSPS) is 19.5. The fourth-order valence-corrected chi connectivity index (χ4v) is 2.29. The van der Waals surface area contributed by atoms with Gasteiger partial charge in [0.25, 0.3) is 0 Å². The van der Waals surface area contributed by atoms with Crippen molar-refractivity contribution in [2.24, 2.45) is 11.8 Å². The van der Waals surface area contributed by atoms with Crippen molar-refractivity contribution in [3.05, 3.63) is 0 Å². The summed E-state index contributed by atoms with van der Waals surface area (Å²) in [6.07, 6.45) is 4.16. The molecule has 2 nitrogen and oxygen atoms in total. The Balaban J connectivity index is 2.06. The van der Waals surface area contributed by atoms with Gasteiger partial charge in [-0.05, 0) is 57.8 Å². The summed E-state index contributed by atoms with van der Waals surface area (Å²) in [4.78, 5) is 2.48. The van der Waals surface area contributed by atoms with Crippen LogP contribution < -0.4 is 5.32 Å². The van der Waals surface area contributed by atoms with Crippen LogP contribution in [-0.2, 0) is 0 Å². The van der Waals surface area contributed by atoms with Gasteiger partial charge in [-0.15, -0.1) is 0 Å². The van der Waals surface area contributed by atoms with Gasteiger partial charge in [0, 0.05) is 6.54 Å². The molecular formula is C12H26N2. The number of rotatable bonds is 5. The molecule has 84 valence electrons. The summed E-state index contributed by atoms with van der Waals surface area (Å²) in [5.74, 6) is 1.78. The van der Waals surface area contributed by atoms with Gasteiger partial charge in [-0.25, -0.2) is 0 Å². The second kappa shape index (κ2) is 6.41. The lowest BCUT2D eigenvalue weighted by atomic mass is 9.94. The van der Waals surface area contributed by atoms with Crippen molar-refractivity contribution in [3.63, 3.8) is 0 Å². The standard InChI is InChI=1S/C12H26N2/c1-11(2)10-14(3)9-6-12-4-7-13-8-5-12/h11-13H,4-10H2,1-3H3. The lowest BCUT2D eigenvalue weighted by Gasteiger charge is -2.25. The zero-order valence-corrected chi connectivity index (χ0v) is 10.1. The monoisotopic (exact) mass is 198 g/mol. The fraction of sp³-hybridized carbons (Fsp3) is 1.00. The van der Waals surface area contributed by atoms with Crippen LogP contribution in [0.15, 0.2) is 0 Å². The Morgan fingerprint density at radius 2 is 1.93 bits per heavy atom. The number of nitrogens with one attached hydrogen (secondary N) is 1. The molecule has 0 bridgehead atoms. The quantitative estimate of drug-likeness (QED) is 0.726. The maximum absolute atomic E-state index is 3.42. The van der Waals surface area contributed by atoms with E-state index >= 15 is 0 Å². The van der Waals surface area contributed by atoms with Gasteiger partial charge in [-0.1, -0.05) is 13.8 Å². The smallest absolute Gasteiger partial charge is 0.000133 e. The van der Waals surface area contributed by atoms with E-state index < -0.39 is 0 Å². The molecule has 1 fully saturated rings. The minimum absolute atomic E-state index is 0.799. The molecule has 0 aromatic rings. The first-order chi connectivity index (χ1) is 6.68. The van der Waals surface area contributed by atoms with Crippen LogP contribution in [0.25, 0.3) is 0 Å². The van der Waals surface area contributed by atoms with Gasteiger partial charge < -0.3 is 10.2 Å². The van der Waals surface area contributed by atoms with Gasteiger partial charge in [0.15, 0.2) is 0 Å². The van der Waals surface area contributed by atoms with Crippen molar-refractivity contribution in [1.82, 2.24) is 10.2 Å². The summed E-state index contributed by atoms with van der Waals surface area (Å²) in [6.45, 7) is 9.58. The number of hydrogen-bond donors (Lipinski definition) is 1. The number of nitrogens with zero attached hydrogens (tertiary/aromatic N) is 1. The third-order valence-electron chi connectivity index (χ3n) is 3.05. The van der Waals surface area contributed by atoms with Crippen LogP contribution in [0.5, 0.6) is 0 Å². The van der Waals surface area contributed by atoms with Crippen molar-refractivity contribution in [1.29, 1.82) is 0 Å². The SMILES string of the molecule is CC(C)CN(C)CCC1CCNCC1. The number of piperidine rings is 1. The molecule has 1 aliphatic rings. The Kier molecular flexibility index (Phi) is 5.49. The highest BCUT2D eigenvalue weighted by Gasteiger charge is 2.13. The molecule has 14 heavy (non-hydrogen) atoms. The Hall–Kier alpha value is -0.0800. The Labute approximate surface area is 89.1 Å². The average molecular weight is 198 g/mol. The van der Waals surface area contributed by atoms with E-state index in [0.717, 1.165) is 11.8 Å². The molecule has 0 aromatic carbocycles. The summed E-state index contributed by atoms with van der Waals surface area (Å²) >= 11 is 0. The van der Waals surface area contributed by atoms with Crippen LogP contribution in [0.4, 0.5) is 0 Å². The van der Waals surface area contributed by atoms with Gasteiger partial charge >= 0.3 is 0 Å². The first-order valence-electron chi connectivity index (χ1n) is 6.07. The zero-order valence-electron chi connectivity index (χ0n) is 10.1. The summed E-state index contributed by atoms with van der Waals surface area (Å²) in [5.41, 5.74) is 0. The Morgan fingerprint density at radius 1 is 1.29 bits per heavy atom. The average Bonchev–Trinajstić information content (AvgIpc) is 2.15. The summed E-state index contributed by atoms with van der Waals surface area (Å²) in [5, 5.41) is 3.42. The maximum Gasteiger partial charge on any atom is 0.000133 e. The fourth-order valence-electron chi connectivity index (χ4n) is 2.29. The third-order valence-corrected chi connectivity index (χ3v) is 3.05. The van der Waals surface area contributed by atoms with E-state index in [9.17, 15) is 0 Å². The van der Waals surface area contributed by atoms with E-state index in [0.29, 0.717) is 0 Å². The van der Waals surface area contributed by atoms with Crippen molar-refractivity contribution < 1.29 is 0 Å². The minimum Gasteiger partial charge on any atom is -0.317 e. The second-order valence-corrected chi connectivity index (χ2v) is 5.14. The molecule has 0 spiro atoms. The van der Waals surface area contributed by atoms with Crippen LogP contribution in [0.1, 0.15) is 33.1 Å². The predicted molar refractivity (Wildman–Crippen MR) is 62.5 cm³/mol. The highest BCUT2D eigenvalue weighted by molar-refractivity contribution is 4.69. The lowest BCUT2D eigenvalue weighted by Crippen LogP contribution is -2.31. The first kappa shape index (κ1) is 12.0. The van der Waals surface area contributed by atoms with Gasteiger partial charge in [0.05, 0.1) is 0 Å². The molecule has 0 unspecified atom stereocenters. The summed E-state index contributed by atoms with van der Waals surface area (Å²) in [6, 6.07) is 0. The molecule has 0 amide bonds. The molecule has 1 rings (SSSR count). The molecule has 2 heteroatoms. The van der Waals surface area contributed by atoms with Crippen LogP contribution >= 0.6 is 0 Å². The van der Waals surface area contributed by atoms with E-state index in [-0.39, 0.29) is 0 Å². The zero-order chi connectivity index (χ0) is 10.4. The molecular weight excluding hydrogens is 172 g/mol. The van der Waals surface area contributed by atoms with Gasteiger partial charge in [-0.3, -0.25) is 0 Å². The number of hydrogen-bond acceptors (Lipinski definition) is 2. The highest BCUT2D eigenvalue weighted by Crippen LogP contribution is 2.16. The van der Waals surface area contributed by atoms with E-state index in [1.54, 1.807) is 0 Å². The highest BCUT2D eigenvalue weighted by atomic mass is 15.1. The van der Waals surface area contributed by atoms with E-state index in [1.165, 1.54) is 45.4 Å². The molecule has 0 saturated carbocycles. The van der Waals surface area contributed by atoms with Crippen molar-refractivity contribution in [2.75, 3.05) is 33.2 Å². The van der Waals surface area contributed by atoms with Crippen LogP contribution in [0, 0.1) is 11.8 Å². The summed E-state index contributed by atoms with van der Waals surface area (Å²) < 4.78 is 0. The van der Waals surface area contributed by atoms with Crippen LogP contribution in [0.2, 0.25) is 0 Å². The van der Waals surface area contributed by atoms with Crippen molar-refractivity contribution >= 4 is 0 Å². The maximum atomic E-state index is 3.42. The molecule has 1 aliphatic heterocycles. The van der Waals surface area contributed by atoms with E-state index in [1.807, 2.05) is 0 Å².